The van der Waals surface area contributed by atoms with E-state index in [2.05, 4.69) is 11.7 Å². The van der Waals surface area contributed by atoms with Crippen LogP contribution in [0.25, 0.3) is 0 Å². The van der Waals surface area contributed by atoms with Gasteiger partial charge in [0.15, 0.2) is 0 Å². The van der Waals surface area contributed by atoms with Gasteiger partial charge >= 0.3 is 5.97 Å². The molecule has 0 saturated heterocycles. The monoisotopic (exact) mass is 345 g/mol. The van der Waals surface area contributed by atoms with Crippen molar-refractivity contribution in [2.75, 3.05) is 20.2 Å². The highest BCUT2D eigenvalue weighted by atomic mass is 35.5. The van der Waals surface area contributed by atoms with Crippen LogP contribution in [0.4, 0.5) is 0 Å². The molecule has 1 amide bonds. The maximum atomic E-state index is 12.6. The Labute approximate surface area is 141 Å². The number of nitrogens with zero attached hydrogens (tertiary/aromatic N) is 1. The molecule has 1 rings (SSSR count). The molecule has 0 radical (unpaired) electrons. The lowest BCUT2D eigenvalue weighted by Gasteiger charge is -2.22. The third-order valence-electron chi connectivity index (χ3n) is 3.30. The van der Waals surface area contributed by atoms with Crippen LogP contribution in [0.3, 0.4) is 0 Å². The van der Waals surface area contributed by atoms with E-state index in [0.717, 1.165) is 19.3 Å². The smallest absolute Gasteiger partial charge is 0.307 e. The van der Waals surface area contributed by atoms with Crippen molar-refractivity contribution in [1.29, 1.82) is 0 Å². The summed E-state index contributed by atoms with van der Waals surface area (Å²) < 4.78 is 4.63. The number of halogens is 2. The molecule has 4 nitrogen and oxygen atoms in total. The molecule has 0 heterocycles. The molecule has 0 saturated carbocycles. The standard InChI is InChI=1S/C16H21Cl2NO3/c1-3-4-5-9-19(10-8-15(20)22-2)16(21)12-6-7-13(17)14(18)11-12/h6-7,11H,3-5,8-10H2,1-2H3. The predicted molar refractivity (Wildman–Crippen MR) is 88.5 cm³/mol. The van der Waals surface area contributed by atoms with Crippen LogP contribution >= 0.6 is 23.2 Å². The van der Waals surface area contributed by atoms with Crippen LogP contribution in [0.5, 0.6) is 0 Å². The molecule has 1 aromatic rings. The summed E-state index contributed by atoms with van der Waals surface area (Å²) in [5, 5.41) is 0.749. The minimum Gasteiger partial charge on any atom is -0.469 e. The maximum Gasteiger partial charge on any atom is 0.307 e. The fraction of sp³-hybridized carbons (Fsp3) is 0.500. The number of rotatable bonds is 8. The van der Waals surface area contributed by atoms with Gasteiger partial charge in [0, 0.05) is 18.7 Å². The van der Waals surface area contributed by atoms with Crippen molar-refractivity contribution in [3.8, 4) is 0 Å². The number of amides is 1. The van der Waals surface area contributed by atoms with Gasteiger partial charge in [-0.05, 0) is 24.6 Å². The second-order valence-electron chi connectivity index (χ2n) is 4.95. The molecule has 0 aliphatic rings. The van der Waals surface area contributed by atoms with Crippen molar-refractivity contribution < 1.29 is 14.3 Å². The molecule has 0 aromatic heterocycles. The zero-order chi connectivity index (χ0) is 16.5. The molecule has 1 aromatic carbocycles. The average molecular weight is 346 g/mol. The number of hydrogen-bond acceptors (Lipinski definition) is 3. The predicted octanol–water partition coefficient (Wildman–Crippen LogP) is 4.19. The Morgan fingerprint density at radius 1 is 1.14 bits per heavy atom. The van der Waals surface area contributed by atoms with Gasteiger partial charge in [-0.2, -0.15) is 0 Å². The number of ether oxygens (including phenoxy) is 1. The zero-order valence-electron chi connectivity index (χ0n) is 12.9. The van der Waals surface area contributed by atoms with Crippen LogP contribution in [-0.4, -0.2) is 37.0 Å². The van der Waals surface area contributed by atoms with Crippen molar-refractivity contribution in [3.05, 3.63) is 33.8 Å². The molecule has 0 N–H and O–H groups in total. The number of carbonyl (C=O) groups excluding carboxylic acids is 2. The van der Waals surface area contributed by atoms with Crippen LogP contribution in [0.2, 0.25) is 10.0 Å². The minimum atomic E-state index is -0.331. The Balaban J connectivity index is 2.80. The quantitative estimate of drug-likeness (QED) is 0.524. The van der Waals surface area contributed by atoms with Gasteiger partial charge in [0.05, 0.1) is 23.6 Å². The van der Waals surface area contributed by atoms with E-state index in [0.29, 0.717) is 28.7 Å². The third kappa shape index (κ3) is 5.85. The molecule has 0 aliphatic heterocycles. The second kappa shape index (κ2) is 9.70. The summed E-state index contributed by atoms with van der Waals surface area (Å²) in [6.45, 7) is 3.03. The zero-order valence-corrected chi connectivity index (χ0v) is 14.4. The van der Waals surface area contributed by atoms with Crippen molar-refractivity contribution in [2.45, 2.75) is 32.6 Å². The van der Waals surface area contributed by atoms with Crippen LogP contribution in [0.15, 0.2) is 18.2 Å². The summed E-state index contributed by atoms with van der Waals surface area (Å²) in [5.41, 5.74) is 0.468. The van der Waals surface area contributed by atoms with Gasteiger partial charge in [0.25, 0.3) is 5.91 Å². The number of methoxy groups -OCH3 is 1. The highest BCUT2D eigenvalue weighted by molar-refractivity contribution is 6.42. The highest BCUT2D eigenvalue weighted by Gasteiger charge is 2.17. The number of hydrogen-bond donors (Lipinski definition) is 0. The molecular formula is C16H21Cl2NO3. The van der Waals surface area contributed by atoms with Crippen molar-refractivity contribution in [2.24, 2.45) is 0 Å². The molecule has 0 unspecified atom stereocenters. The van der Waals surface area contributed by atoms with E-state index >= 15 is 0 Å². The Bertz CT molecular complexity index is 520. The van der Waals surface area contributed by atoms with Crippen molar-refractivity contribution in [3.63, 3.8) is 0 Å². The first-order valence-electron chi connectivity index (χ1n) is 7.30. The molecule has 0 aliphatic carbocycles. The van der Waals surface area contributed by atoms with Crippen LogP contribution < -0.4 is 0 Å². The van der Waals surface area contributed by atoms with Gasteiger partial charge in [0.2, 0.25) is 0 Å². The molecule has 6 heteroatoms. The van der Waals surface area contributed by atoms with Gasteiger partial charge < -0.3 is 9.64 Å². The number of benzene rings is 1. The molecule has 0 spiro atoms. The largest absolute Gasteiger partial charge is 0.469 e. The summed E-state index contributed by atoms with van der Waals surface area (Å²) in [4.78, 5) is 25.5. The van der Waals surface area contributed by atoms with Crippen molar-refractivity contribution >= 4 is 35.1 Å². The Kier molecular flexibility index (Phi) is 8.28. The molecule has 122 valence electrons. The summed E-state index contributed by atoms with van der Waals surface area (Å²) in [7, 11) is 1.34. The van der Waals surface area contributed by atoms with Gasteiger partial charge in [-0.1, -0.05) is 43.0 Å². The van der Waals surface area contributed by atoms with E-state index in [1.807, 2.05) is 0 Å². The number of carbonyl (C=O) groups is 2. The average Bonchev–Trinajstić information content (AvgIpc) is 2.52. The molecule has 0 atom stereocenters. The first-order chi connectivity index (χ1) is 10.5. The molecule has 22 heavy (non-hydrogen) atoms. The molecular weight excluding hydrogens is 325 g/mol. The Morgan fingerprint density at radius 2 is 1.86 bits per heavy atom. The van der Waals surface area contributed by atoms with E-state index in [1.165, 1.54) is 7.11 Å². The van der Waals surface area contributed by atoms with Gasteiger partial charge in [0.1, 0.15) is 0 Å². The third-order valence-corrected chi connectivity index (χ3v) is 4.04. The Hall–Kier alpha value is -1.26. The van der Waals surface area contributed by atoms with E-state index < -0.39 is 0 Å². The fourth-order valence-corrected chi connectivity index (χ4v) is 2.31. The summed E-state index contributed by atoms with van der Waals surface area (Å²) >= 11 is 11.8. The second-order valence-corrected chi connectivity index (χ2v) is 5.77. The number of esters is 1. The highest BCUT2D eigenvalue weighted by Crippen LogP contribution is 2.23. The van der Waals surface area contributed by atoms with Crippen LogP contribution in [-0.2, 0) is 9.53 Å². The first-order valence-corrected chi connectivity index (χ1v) is 8.06. The summed E-state index contributed by atoms with van der Waals surface area (Å²) in [6.07, 6.45) is 3.16. The van der Waals surface area contributed by atoms with E-state index in [4.69, 9.17) is 23.2 Å². The van der Waals surface area contributed by atoms with Gasteiger partial charge in [-0.25, -0.2) is 0 Å². The normalized spacial score (nSPS) is 10.4. The van der Waals surface area contributed by atoms with Crippen LogP contribution in [0.1, 0.15) is 43.0 Å². The molecule has 0 bridgehead atoms. The Morgan fingerprint density at radius 3 is 2.45 bits per heavy atom. The summed E-state index contributed by atoms with van der Waals surface area (Å²) in [6, 6.07) is 4.79. The SMILES string of the molecule is CCCCCN(CCC(=O)OC)C(=O)c1ccc(Cl)c(Cl)c1. The topological polar surface area (TPSA) is 46.6 Å². The number of unbranched alkanes of at least 4 members (excludes halogenated alkanes) is 2. The minimum absolute atomic E-state index is 0.154. The van der Waals surface area contributed by atoms with E-state index in [1.54, 1.807) is 23.1 Å². The first kappa shape index (κ1) is 18.8. The van der Waals surface area contributed by atoms with Crippen LogP contribution in [0, 0.1) is 0 Å². The van der Waals surface area contributed by atoms with E-state index in [9.17, 15) is 9.59 Å². The summed E-state index contributed by atoms with van der Waals surface area (Å²) in [5.74, 6) is -0.485. The lowest BCUT2D eigenvalue weighted by Crippen LogP contribution is -2.34. The maximum absolute atomic E-state index is 12.6. The molecule has 0 fully saturated rings. The fourth-order valence-electron chi connectivity index (χ4n) is 2.01. The van der Waals surface area contributed by atoms with Gasteiger partial charge in [-0.3, -0.25) is 9.59 Å². The lowest BCUT2D eigenvalue weighted by molar-refractivity contribution is -0.140. The van der Waals surface area contributed by atoms with Gasteiger partial charge in [-0.15, -0.1) is 0 Å². The van der Waals surface area contributed by atoms with Crippen molar-refractivity contribution in [1.82, 2.24) is 4.90 Å². The lowest BCUT2D eigenvalue weighted by atomic mass is 10.1. The van der Waals surface area contributed by atoms with E-state index in [-0.39, 0.29) is 18.3 Å².